The highest BCUT2D eigenvalue weighted by Crippen LogP contribution is 1.94. The van der Waals surface area contributed by atoms with Crippen LogP contribution in [-0.4, -0.2) is 36.7 Å². The van der Waals surface area contributed by atoms with E-state index in [1.54, 1.807) is 0 Å². The first-order valence-corrected chi connectivity index (χ1v) is 5.30. The van der Waals surface area contributed by atoms with E-state index in [2.05, 4.69) is 10.6 Å². The molecule has 16 heavy (non-hydrogen) atoms. The van der Waals surface area contributed by atoms with Gasteiger partial charge in [0.15, 0.2) is 0 Å². The van der Waals surface area contributed by atoms with Crippen LogP contribution in [0.4, 0.5) is 0 Å². The molecule has 0 saturated carbocycles. The SMILES string of the molecule is CCC[C@@H](C=O)NC(=O)[C@H](C)NC(=O)CN. The number of nitrogens with one attached hydrogen (secondary N) is 2. The Bertz CT molecular complexity index is 256. The first-order chi connectivity index (χ1) is 7.54. The zero-order valence-corrected chi connectivity index (χ0v) is 9.66. The minimum absolute atomic E-state index is 0.163. The summed E-state index contributed by atoms with van der Waals surface area (Å²) in [5.74, 6) is -0.784. The summed E-state index contributed by atoms with van der Waals surface area (Å²) in [5, 5.41) is 4.94. The van der Waals surface area contributed by atoms with E-state index in [9.17, 15) is 14.4 Å². The van der Waals surface area contributed by atoms with E-state index in [0.717, 1.165) is 6.42 Å². The van der Waals surface area contributed by atoms with Gasteiger partial charge in [-0.2, -0.15) is 0 Å². The van der Waals surface area contributed by atoms with Crippen molar-refractivity contribution in [3.05, 3.63) is 0 Å². The van der Waals surface area contributed by atoms with Gasteiger partial charge in [0.05, 0.1) is 12.6 Å². The van der Waals surface area contributed by atoms with Crippen molar-refractivity contribution in [3.8, 4) is 0 Å². The lowest BCUT2D eigenvalue weighted by Crippen LogP contribution is -2.49. The topological polar surface area (TPSA) is 101 Å². The van der Waals surface area contributed by atoms with Gasteiger partial charge in [-0.1, -0.05) is 13.3 Å². The third-order valence-electron chi connectivity index (χ3n) is 2.05. The fourth-order valence-corrected chi connectivity index (χ4v) is 1.16. The van der Waals surface area contributed by atoms with Crippen molar-refractivity contribution in [1.29, 1.82) is 0 Å². The molecule has 2 atom stereocenters. The van der Waals surface area contributed by atoms with Gasteiger partial charge >= 0.3 is 0 Å². The summed E-state index contributed by atoms with van der Waals surface area (Å²) in [4.78, 5) is 33.0. The van der Waals surface area contributed by atoms with Crippen molar-refractivity contribution < 1.29 is 14.4 Å². The number of nitrogens with two attached hydrogens (primary N) is 1. The number of hydrogen-bond donors (Lipinski definition) is 3. The summed E-state index contributed by atoms with van der Waals surface area (Å²) < 4.78 is 0. The van der Waals surface area contributed by atoms with Crippen LogP contribution in [-0.2, 0) is 14.4 Å². The summed E-state index contributed by atoms with van der Waals surface area (Å²) in [6.45, 7) is 3.29. The second kappa shape index (κ2) is 7.81. The van der Waals surface area contributed by atoms with Gasteiger partial charge in [0.1, 0.15) is 12.3 Å². The van der Waals surface area contributed by atoms with Crippen LogP contribution in [0.5, 0.6) is 0 Å². The van der Waals surface area contributed by atoms with Gasteiger partial charge < -0.3 is 21.2 Å². The molecule has 0 fully saturated rings. The standard InChI is InChI=1S/C10H19N3O3/c1-3-4-8(6-14)13-10(16)7(2)12-9(15)5-11/h6-8H,3-5,11H2,1-2H3,(H,12,15)(H,13,16)/t7-,8-/m0/s1. The molecule has 2 amide bonds. The molecule has 0 aliphatic carbocycles. The number of rotatable bonds is 7. The molecule has 0 saturated heterocycles. The summed E-state index contributed by atoms with van der Waals surface area (Å²) >= 11 is 0. The molecule has 0 aliphatic rings. The summed E-state index contributed by atoms with van der Waals surface area (Å²) in [5.41, 5.74) is 5.10. The molecule has 0 aliphatic heterocycles. The average molecular weight is 229 g/mol. The Morgan fingerprint density at radius 1 is 1.38 bits per heavy atom. The molecule has 0 unspecified atom stereocenters. The lowest BCUT2D eigenvalue weighted by atomic mass is 10.2. The third-order valence-corrected chi connectivity index (χ3v) is 2.05. The maximum atomic E-state index is 11.5. The minimum atomic E-state index is -0.685. The first-order valence-electron chi connectivity index (χ1n) is 5.30. The summed E-state index contributed by atoms with van der Waals surface area (Å²) in [6.07, 6.45) is 2.08. The van der Waals surface area contributed by atoms with Crippen LogP contribution >= 0.6 is 0 Å². The first kappa shape index (κ1) is 14.6. The quantitative estimate of drug-likeness (QED) is 0.484. The smallest absolute Gasteiger partial charge is 0.242 e. The van der Waals surface area contributed by atoms with Crippen LogP contribution in [0.2, 0.25) is 0 Å². The molecule has 4 N–H and O–H groups in total. The maximum absolute atomic E-state index is 11.5. The molecule has 92 valence electrons. The third kappa shape index (κ3) is 5.45. The largest absolute Gasteiger partial charge is 0.345 e. The fourth-order valence-electron chi connectivity index (χ4n) is 1.16. The number of hydrogen-bond acceptors (Lipinski definition) is 4. The van der Waals surface area contributed by atoms with Gasteiger partial charge in [0, 0.05) is 0 Å². The Morgan fingerprint density at radius 2 is 2.00 bits per heavy atom. The van der Waals surface area contributed by atoms with Crippen molar-refractivity contribution in [1.82, 2.24) is 10.6 Å². The zero-order valence-electron chi connectivity index (χ0n) is 9.66. The minimum Gasteiger partial charge on any atom is -0.345 e. The Kier molecular flexibility index (Phi) is 7.11. The average Bonchev–Trinajstić information content (AvgIpc) is 2.27. The Labute approximate surface area is 94.9 Å². The van der Waals surface area contributed by atoms with Crippen LogP contribution in [0.15, 0.2) is 0 Å². The maximum Gasteiger partial charge on any atom is 0.242 e. The van der Waals surface area contributed by atoms with E-state index in [1.165, 1.54) is 6.92 Å². The lowest BCUT2D eigenvalue weighted by molar-refractivity contribution is -0.129. The van der Waals surface area contributed by atoms with Gasteiger partial charge in [-0.15, -0.1) is 0 Å². The van der Waals surface area contributed by atoms with E-state index < -0.39 is 18.0 Å². The van der Waals surface area contributed by atoms with Gasteiger partial charge in [0.2, 0.25) is 11.8 Å². The van der Waals surface area contributed by atoms with E-state index in [0.29, 0.717) is 12.7 Å². The summed E-state index contributed by atoms with van der Waals surface area (Å²) in [6, 6.07) is -1.18. The number of aldehydes is 1. The molecular weight excluding hydrogens is 210 g/mol. The highest BCUT2D eigenvalue weighted by Gasteiger charge is 2.17. The van der Waals surface area contributed by atoms with Crippen molar-refractivity contribution in [2.75, 3.05) is 6.54 Å². The van der Waals surface area contributed by atoms with Gasteiger partial charge in [-0.05, 0) is 13.3 Å². The van der Waals surface area contributed by atoms with Gasteiger partial charge in [0.25, 0.3) is 0 Å². The predicted molar refractivity (Wildman–Crippen MR) is 59.6 cm³/mol. The zero-order chi connectivity index (χ0) is 12.6. The van der Waals surface area contributed by atoms with Crippen LogP contribution in [0, 0.1) is 0 Å². The normalized spacial score (nSPS) is 13.7. The molecular formula is C10H19N3O3. The van der Waals surface area contributed by atoms with Crippen molar-refractivity contribution >= 4 is 18.1 Å². The van der Waals surface area contributed by atoms with Crippen LogP contribution in [0.3, 0.4) is 0 Å². The Morgan fingerprint density at radius 3 is 2.44 bits per heavy atom. The van der Waals surface area contributed by atoms with E-state index >= 15 is 0 Å². The molecule has 0 spiro atoms. The molecule has 0 bridgehead atoms. The van der Waals surface area contributed by atoms with E-state index in [1.807, 2.05) is 6.92 Å². The lowest BCUT2D eigenvalue weighted by Gasteiger charge is -2.16. The van der Waals surface area contributed by atoms with E-state index in [4.69, 9.17) is 5.73 Å². The Hall–Kier alpha value is -1.43. The molecule has 0 heterocycles. The Balaban J connectivity index is 4.12. The van der Waals surface area contributed by atoms with Crippen molar-refractivity contribution in [2.45, 2.75) is 38.8 Å². The van der Waals surface area contributed by atoms with Gasteiger partial charge in [-0.3, -0.25) is 9.59 Å². The number of amides is 2. The molecule has 0 aromatic rings. The number of carbonyl (C=O) groups excluding carboxylic acids is 3. The monoisotopic (exact) mass is 229 g/mol. The second-order valence-electron chi connectivity index (χ2n) is 3.53. The molecule has 6 nitrogen and oxygen atoms in total. The van der Waals surface area contributed by atoms with Gasteiger partial charge in [-0.25, -0.2) is 0 Å². The second-order valence-corrected chi connectivity index (χ2v) is 3.53. The molecule has 6 heteroatoms. The molecule has 0 rings (SSSR count). The summed E-state index contributed by atoms with van der Waals surface area (Å²) in [7, 11) is 0. The highest BCUT2D eigenvalue weighted by atomic mass is 16.2. The molecule has 0 aromatic carbocycles. The van der Waals surface area contributed by atoms with Crippen LogP contribution in [0.25, 0.3) is 0 Å². The van der Waals surface area contributed by atoms with Crippen molar-refractivity contribution in [2.24, 2.45) is 5.73 Å². The fraction of sp³-hybridized carbons (Fsp3) is 0.700. The number of carbonyl (C=O) groups is 3. The predicted octanol–water partition coefficient (Wildman–Crippen LogP) is -1.07. The van der Waals surface area contributed by atoms with Crippen molar-refractivity contribution in [3.63, 3.8) is 0 Å². The van der Waals surface area contributed by atoms with Crippen LogP contribution in [0.1, 0.15) is 26.7 Å². The highest BCUT2D eigenvalue weighted by molar-refractivity contribution is 5.89. The molecule has 0 aromatic heterocycles. The molecule has 0 radical (unpaired) electrons. The van der Waals surface area contributed by atoms with Crippen LogP contribution < -0.4 is 16.4 Å². The van der Waals surface area contributed by atoms with E-state index in [-0.39, 0.29) is 12.5 Å².